The zero-order valence-corrected chi connectivity index (χ0v) is 20.0. The average molecular weight is 456 g/mol. The maximum absolute atomic E-state index is 12.7. The van der Waals surface area contributed by atoms with Gasteiger partial charge in [-0.3, -0.25) is 9.69 Å². The van der Waals surface area contributed by atoms with Crippen molar-refractivity contribution < 1.29 is 4.79 Å². The molecule has 1 aliphatic heterocycles. The molecule has 1 aromatic heterocycles. The Morgan fingerprint density at radius 3 is 2.34 bits per heavy atom. The molecule has 4 rings (SSSR count). The number of aromatic nitrogens is 3. The molecular formula is C25H37N5OS. The van der Waals surface area contributed by atoms with Crippen LogP contribution in [0.5, 0.6) is 0 Å². The van der Waals surface area contributed by atoms with Crippen molar-refractivity contribution in [1.82, 2.24) is 25.0 Å². The topological polar surface area (TPSA) is 63.1 Å². The normalized spacial score (nSPS) is 18.8. The summed E-state index contributed by atoms with van der Waals surface area (Å²) in [5.41, 5.74) is 1.23. The van der Waals surface area contributed by atoms with Crippen LogP contribution in [0.4, 0.5) is 0 Å². The molecule has 7 heteroatoms. The van der Waals surface area contributed by atoms with Gasteiger partial charge < -0.3 is 9.88 Å². The smallest absolute Gasteiger partial charge is 0.230 e. The Bertz CT molecular complexity index is 826. The first-order valence-corrected chi connectivity index (χ1v) is 13.4. The number of carbonyl (C=O) groups is 1. The summed E-state index contributed by atoms with van der Waals surface area (Å²) in [6.45, 7) is 3.83. The van der Waals surface area contributed by atoms with E-state index in [0.29, 0.717) is 11.8 Å². The van der Waals surface area contributed by atoms with E-state index in [1.165, 1.54) is 68.7 Å². The third-order valence-electron chi connectivity index (χ3n) is 6.59. The highest BCUT2D eigenvalue weighted by atomic mass is 32.2. The summed E-state index contributed by atoms with van der Waals surface area (Å²) in [5, 5.41) is 13.1. The lowest BCUT2D eigenvalue weighted by molar-refractivity contribution is -0.119. The average Bonchev–Trinajstić information content (AvgIpc) is 3.16. The fraction of sp³-hybridized carbons (Fsp3) is 0.640. The largest absolute Gasteiger partial charge is 0.353 e. The first-order chi connectivity index (χ1) is 15.8. The van der Waals surface area contributed by atoms with Gasteiger partial charge in [0.1, 0.15) is 5.82 Å². The first-order valence-electron chi connectivity index (χ1n) is 12.4. The molecule has 0 spiro atoms. The summed E-state index contributed by atoms with van der Waals surface area (Å²) in [5.74, 6) is 1.51. The van der Waals surface area contributed by atoms with Crippen LogP contribution in [-0.4, -0.2) is 50.5 Å². The quantitative estimate of drug-likeness (QED) is 0.588. The summed E-state index contributed by atoms with van der Waals surface area (Å²) in [6, 6.07) is 10.8. The summed E-state index contributed by atoms with van der Waals surface area (Å²) in [7, 11) is 0. The number of rotatable bonds is 8. The molecule has 0 radical (unpaired) electrons. The molecule has 1 aromatic carbocycles. The van der Waals surface area contributed by atoms with Crippen molar-refractivity contribution in [3.8, 4) is 0 Å². The van der Waals surface area contributed by atoms with Crippen LogP contribution >= 0.6 is 11.8 Å². The predicted octanol–water partition coefficient (Wildman–Crippen LogP) is 4.63. The van der Waals surface area contributed by atoms with E-state index < -0.39 is 0 Å². The third-order valence-corrected chi connectivity index (χ3v) is 7.56. The highest BCUT2D eigenvalue weighted by Crippen LogP contribution is 2.22. The molecule has 1 amide bonds. The fourth-order valence-corrected chi connectivity index (χ4v) is 5.55. The van der Waals surface area contributed by atoms with Gasteiger partial charge in [0.15, 0.2) is 5.16 Å². The molecule has 32 heavy (non-hydrogen) atoms. The Morgan fingerprint density at radius 1 is 0.906 bits per heavy atom. The molecule has 6 nitrogen and oxygen atoms in total. The van der Waals surface area contributed by atoms with Crippen molar-refractivity contribution in [1.29, 1.82) is 0 Å². The predicted molar refractivity (Wildman–Crippen MR) is 130 cm³/mol. The molecule has 2 aliphatic rings. The maximum Gasteiger partial charge on any atom is 0.230 e. The first kappa shape index (κ1) is 23.3. The number of amides is 1. The summed E-state index contributed by atoms with van der Waals surface area (Å²) in [4.78, 5) is 15.2. The number of benzene rings is 1. The number of piperidine rings is 1. The molecule has 1 N–H and O–H groups in total. The highest BCUT2D eigenvalue weighted by molar-refractivity contribution is 7.99. The molecule has 2 aromatic rings. The minimum atomic E-state index is 0.118. The number of nitrogens with zero attached hydrogens (tertiary/aromatic N) is 4. The second kappa shape index (κ2) is 12.4. The lowest BCUT2D eigenvalue weighted by Gasteiger charge is -2.26. The van der Waals surface area contributed by atoms with E-state index in [9.17, 15) is 4.79 Å². The lowest BCUT2D eigenvalue weighted by atomic mass is 9.97. The molecule has 1 saturated heterocycles. The Morgan fingerprint density at radius 2 is 1.59 bits per heavy atom. The van der Waals surface area contributed by atoms with Crippen LogP contribution in [-0.2, 0) is 17.9 Å². The third kappa shape index (κ3) is 7.07. The van der Waals surface area contributed by atoms with Crippen molar-refractivity contribution in [3.05, 3.63) is 41.7 Å². The molecule has 2 fully saturated rings. The van der Waals surface area contributed by atoms with Gasteiger partial charge in [0.2, 0.25) is 5.91 Å². The van der Waals surface area contributed by atoms with Crippen LogP contribution < -0.4 is 5.32 Å². The van der Waals surface area contributed by atoms with Crippen molar-refractivity contribution in [2.24, 2.45) is 0 Å². The molecule has 1 saturated carbocycles. The van der Waals surface area contributed by atoms with E-state index in [2.05, 4.69) is 49.2 Å². The van der Waals surface area contributed by atoms with Crippen molar-refractivity contribution in [3.63, 3.8) is 0 Å². The van der Waals surface area contributed by atoms with Gasteiger partial charge in [-0.25, -0.2) is 0 Å². The van der Waals surface area contributed by atoms with Crippen LogP contribution in [0, 0.1) is 0 Å². The monoisotopic (exact) mass is 455 g/mol. The summed E-state index contributed by atoms with van der Waals surface area (Å²) >= 11 is 1.51. The minimum absolute atomic E-state index is 0.118. The fourth-order valence-electron chi connectivity index (χ4n) is 4.78. The SMILES string of the molecule is O=C(CSc1nnc(CN2CCCCC2)n1Cc1ccccc1)NC1CCCCCCC1. The summed E-state index contributed by atoms with van der Waals surface area (Å²) in [6.07, 6.45) is 12.4. The van der Waals surface area contributed by atoms with E-state index in [1.807, 2.05) is 6.07 Å². The molecule has 0 bridgehead atoms. The number of likely N-dealkylation sites (tertiary alicyclic amines) is 1. The zero-order valence-electron chi connectivity index (χ0n) is 19.2. The standard InChI is InChI=1S/C25H37N5OS/c31-24(26-22-14-8-2-1-3-9-15-22)20-32-25-28-27-23(19-29-16-10-5-11-17-29)30(25)18-21-12-6-4-7-13-21/h4,6-7,12-13,22H,1-3,5,8-11,14-20H2,(H,26,31). The van der Waals surface area contributed by atoms with Gasteiger partial charge in [-0.15, -0.1) is 10.2 Å². The van der Waals surface area contributed by atoms with Gasteiger partial charge in [0.25, 0.3) is 0 Å². The van der Waals surface area contributed by atoms with Crippen LogP contribution in [0.2, 0.25) is 0 Å². The highest BCUT2D eigenvalue weighted by Gasteiger charge is 2.20. The second-order valence-electron chi connectivity index (χ2n) is 9.21. The van der Waals surface area contributed by atoms with Gasteiger partial charge in [0.05, 0.1) is 18.8 Å². The van der Waals surface area contributed by atoms with E-state index in [1.54, 1.807) is 0 Å². The number of thioether (sulfide) groups is 1. The van der Waals surface area contributed by atoms with Crippen LogP contribution in [0.3, 0.4) is 0 Å². The van der Waals surface area contributed by atoms with E-state index in [-0.39, 0.29) is 5.91 Å². The van der Waals surface area contributed by atoms with Crippen molar-refractivity contribution in [2.75, 3.05) is 18.8 Å². The van der Waals surface area contributed by atoms with Gasteiger partial charge in [-0.1, -0.05) is 80.6 Å². The van der Waals surface area contributed by atoms with Crippen molar-refractivity contribution >= 4 is 17.7 Å². The summed E-state index contributed by atoms with van der Waals surface area (Å²) < 4.78 is 2.21. The van der Waals surface area contributed by atoms with E-state index in [0.717, 1.165) is 50.0 Å². The molecule has 2 heterocycles. The van der Waals surface area contributed by atoms with Gasteiger partial charge >= 0.3 is 0 Å². The van der Waals surface area contributed by atoms with Gasteiger partial charge in [0, 0.05) is 6.04 Å². The van der Waals surface area contributed by atoms with Gasteiger partial charge in [-0.05, 0) is 44.3 Å². The van der Waals surface area contributed by atoms with Gasteiger partial charge in [-0.2, -0.15) is 0 Å². The number of carbonyl (C=O) groups excluding carboxylic acids is 1. The zero-order chi connectivity index (χ0) is 22.0. The molecule has 0 unspecified atom stereocenters. The minimum Gasteiger partial charge on any atom is -0.353 e. The molecule has 1 aliphatic carbocycles. The Hall–Kier alpha value is -1.86. The van der Waals surface area contributed by atoms with E-state index >= 15 is 0 Å². The van der Waals surface area contributed by atoms with Crippen LogP contribution in [0.25, 0.3) is 0 Å². The molecule has 0 atom stereocenters. The number of hydrogen-bond acceptors (Lipinski definition) is 5. The van der Waals surface area contributed by atoms with Crippen molar-refractivity contribution in [2.45, 2.75) is 88.5 Å². The molecular weight excluding hydrogens is 418 g/mol. The van der Waals surface area contributed by atoms with E-state index in [4.69, 9.17) is 0 Å². The lowest BCUT2D eigenvalue weighted by Crippen LogP contribution is -2.36. The molecule has 174 valence electrons. The van der Waals surface area contributed by atoms with Crippen LogP contribution in [0.1, 0.15) is 75.6 Å². The Balaban J connectivity index is 1.39. The van der Waals surface area contributed by atoms with Crippen LogP contribution in [0.15, 0.2) is 35.5 Å². The Labute approximate surface area is 196 Å². The maximum atomic E-state index is 12.7. The second-order valence-corrected chi connectivity index (χ2v) is 10.1. The number of hydrogen-bond donors (Lipinski definition) is 1. The number of nitrogens with one attached hydrogen (secondary N) is 1. The Kier molecular flexibility index (Phi) is 9.03.